The molecule has 1 saturated carbocycles. The standard InChI is InChI=1S/C8H12N2O/c9-7-5-3-1-2-4-6(5)8(11)10-7/h5-6H,1-4H2,(H2,9,10,11). The molecular formula is C8H12N2O. The van der Waals surface area contributed by atoms with Gasteiger partial charge in [-0.15, -0.1) is 0 Å². The summed E-state index contributed by atoms with van der Waals surface area (Å²) in [6.45, 7) is 0. The molecule has 1 fully saturated rings. The van der Waals surface area contributed by atoms with Crippen LogP contribution in [0.2, 0.25) is 0 Å². The number of hydrogen-bond donors (Lipinski definition) is 1. The summed E-state index contributed by atoms with van der Waals surface area (Å²) in [4.78, 5) is 14.9. The van der Waals surface area contributed by atoms with Crippen LogP contribution in [0.25, 0.3) is 0 Å². The van der Waals surface area contributed by atoms with Crippen LogP contribution in [0.15, 0.2) is 4.99 Å². The predicted molar refractivity (Wildman–Crippen MR) is 42.1 cm³/mol. The Labute approximate surface area is 65.7 Å². The van der Waals surface area contributed by atoms with Crippen molar-refractivity contribution < 1.29 is 4.79 Å². The van der Waals surface area contributed by atoms with Crippen LogP contribution >= 0.6 is 0 Å². The molecular weight excluding hydrogens is 140 g/mol. The maximum absolute atomic E-state index is 11.2. The molecule has 1 aliphatic heterocycles. The number of aliphatic imine (C=N–C) groups is 1. The van der Waals surface area contributed by atoms with Gasteiger partial charge in [0.05, 0.1) is 5.92 Å². The molecule has 1 heterocycles. The molecule has 0 saturated heterocycles. The molecule has 3 heteroatoms. The average molecular weight is 152 g/mol. The smallest absolute Gasteiger partial charge is 0.251 e. The first-order valence-electron chi connectivity index (χ1n) is 4.17. The third-order valence-corrected chi connectivity index (χ3v) is 2.70. The van der Waals surface area contributed by atoms with Gasteiger partial charge in [0.1, 0.15) is 5.84 Å². The maximum Gasteiger partial charge on any atom is 0.251 e. The van der Waals surface area contributed by atoms with E-state index in [-0.39, 0.29) is 17.7 Å². The molecule has 2 rings (SSSR count). The Morgan fingerprint density at radius 1 is 1.27 bits per heavy atom. The summed E-state index contributed by atoms with van der Waals surface area (Å²) >= 11 is 0. The zero-order valence-corrected chi connectivity index (χ0v) is 6.42. The van der Waals surface area contributed by atoms with Gasteiger partial charge < -0.3 is 5.73 Å². The van der Waals surface area contributed by atoms with Gasteiger partial charge in [-0.05, 0) is 12.8 Å². The third-order valence-electron chi connectivity index (χ3n) is 2.70. The van der Waals surface area contributed by atoms with E-state index >= 15 is 0 Å². The van der Waals surface area contributed by atoms with Crippen molar-refractivity contribution in [1.29, 1.82) is 0 Å². The average Bonchev–Trinajstić information content (AvgIpc) is 2.30. The molecule has 3 nitrogen and oxygen atoms in total. The summed E-state index contributed by atoms with van der Waals surface area (Å²) in [6.07, 6.45) is 4.42. The highest BCUT2D eigenvalue weighted by atomic mass is 16.1. The number of hydrogen-bond acceptors (Lipinski definition) is 2. The summed E-state index contributed by atoms with van der Waals surface area (Å²) < 4.78 is 0. The molecule has 1 amide bonds. The molecule has 2 unspecified atom stereocenters. The first-order valence-corrected chi connectivity index (χ1v) is 4.17. The molecule has 60 valence electrons. The molecule has 0 aromatic rings. The molecule has 1 aliphatic carbocycles. The molecule has 0 aromatic carbocycles. The molecule has 2 atom stereocenters. The second-order valence-corrected chi connectivity index (χ2v) is 3.37. The molecule has 0 bridgehead atoms. The van der Waals surface area contributed by atoms with Gasteiger partial charge in [-0.3, -0.25) is 4.79 Å². The Kier molecular flexibility index (Phi) is 1.44. The minimum absolute atomic E-state index is 0.0206. The van der Waals surface area contributed by atoms with E-state index in [9.17, 15) is 4.79 Å². The Hall–Kier alpha value is -0.860. The number of amidine groups is 1. The predicted octanol–water partition coefficient (Wildman–Crippen LogP) is 0.690. The van der Waals surface area contributed by atoms with Crippen LogP contribution in [0.4, 0.5) is 0 Å². The Morgan fingerprint density at radius 2 is 1.91 bits per heavy atom. The van der Waals surface area contributed by atoms with E-state index < -0.39 is 0 Å². The first-order chi connectivity index (χ1) is 5.29. The highest BCUT2D eigenvalue weighted by Gasteiger charge is 2.38. The fourth-order valence-electron chi connectivity index (χ4n) is 2.07. The minimum Gasteiger partial charge on any atom is -0.387 e. The number of carbonyl (C=O) groups is 1. The fourth-order valence-corrected chi connectivity index (χ4v) is 2.07. The highest BCUT2D eigenvalue weighted by molar-refractivity contribution is 6.03. The SMILES string of the molecule is NC1=NC(=O)C2CCCCC12. The molecule has 0 radical (unpaired) electrons. The monoisotopic (exact) mass is 152 g/mol. The topological polar surface area (TPSA) is 55.4 Å². The van der Waals surface area contributed by atoms with E-state index in [4.69, 9.17) is 5.73 Å². The highest BCUT2D eigenvalue weighted by Crippen LogP contribution is 2.34. The van der Waals surface area contributed by atoms with Crippen LogP contribution in [0.3, 0.4) is 0 Å². The van der Waals surface area contributed by atoms with Crippen LogP contribution in [0.5, 0.6) is 0 Å². The lowest BCUT2D eigenvalue weighted by Gasteiger charge is -2.22. The van der Waals surface area contributed by atoms with E-state index in [1.165, 1.54) is 6.42 Å². The van der Waals surface area contributed by atoms with Crippen molar-refractivity contribution in [2.75, 3.05) is 0 Å². The van der Waals surface area contributed by atoms with E-state index in [0.717, 1.165) is 19.3 Å². The van der Waals surface area contributed by atoms with Crippen molar-refractivity contribution in [3.63, 3.8) is 0 Å². The minimum atomic E-state index is 0.0206. The number of rotatable bonds is 0. The van der Waals surface area contributed by atoms with Crippen LogP contribution in [0.1, 0.15) is 25.7 Å². The van der Waals surface area contributed by atoms with E-state index in [1.807, 2.05) is 0 Å². The third kappa shape index (κ3) is 0.951. The number of fused-ring (bicyclic) bond motifs is 1. The summed E-state index contributed by atoms with van der Waals surface area (Å²) in [5.74, 6) is 1.03. The number of carbonyl (C=O) groups excluding carboxylic acids is 1. The Bertz CT molecular complexity index is 222. The quantitative estimate of drug-likeness (QED) is 0.555. The van der Waals surface area contributed by atoms with Crippen LogP contribution in [-0.2, 0) is 4.79 Å². The van der Waals surface area contributed by atoms with Crippen molar-refractivity contribution in [2.24, 2.45) is 22.6 Å². The van der Waals surface area contributed by atoms with Crippen LogP contribution in [-0.4, -0.2) is 11.7 Å². The number of nitrogens with two attached hydrogens (primary N) is 1. The van der Waals surface area contributed by atoms with Crippen molar-refractivity contribution in [1.82, 2.24) is 0 Å². The van der Waals surface area contributed by atoms with Gasteiger partial charge in [-0.25, -0.2) is 4.99 Å². The largest absolute Gasteiger partial charge is 0.387 e. The zero-order valence-electron chi connectivity index (χ0n) is 6.42. The first kappa shape index (κ1) is 6.83. The van der Waals surface area contributed by atoms with Crippen molar-refractivity contribution in [3.8, 4) is 0 Å². The van der Waals surface area contributed by atoms with E-state index in [2.05, 4.69) is 4.99 Å². The van der Waals surface area contributed by atoms with Crippen molar-refractivity contribution in [2.45, 2.75) is 25.7 Å². The molecule has 2 N–H and O–H groups in total. The van der Waals surface area contributed by atoms with Gasteiger partial charge in [0.2, 0.25) is 0 Å². The van der Waals surface area contributed by atoms with Gasteiger partial charge in [0, 0.05) is 5.92 Å². The second-order valence-electron chi connectivity index (χ2n) is 3.37. The van der Waals surface area contributed by atoms with E-state index in [0.29, 0.717) is 5.84 Å². The lowest BCUT2D eigenvalue weighted by atomic mass is 9.80. The Balaban J connectivity index is 2.21. The van der Waals surface area contributed by atoms with Crippen LogP contribution < -0.4 is 5.73 Å². The second kappa shape index (κ2) is 2.32. The lowest BCUT2D eigenvalue weighted by Crippen LogP contribution is -2.28. The van der Waals surface area contributed by atoms with Gasteiger partial charge >= 0.3 is 0 Å². The summed E-state index contributed by atoms with van der Waals surface area (Å²) in [5, 5.41) is 0. The van der Waals surface area contributed by atoms with Crippen LogP contribution in [0, 0.1) is 11.8 Å². The Morgan fingerprint density at radius 3 is 2.55 bits per heavy atom. The summed E-state index contributed by atoms with van der Waals surface area (Å²) in [5.41, 5.74) is 5.61. The van der Waals surface area contributed by atoms with Gasteiger partial charge in [-0.1, -0.05) is 12.8 Å². The maximum atomic E-state index is 11.2. The van der Waals surface area contributed by atoms with Crippen molar-refractivity contribution >= 4 is 11.7 Å². The number of amides is 1. The lowest BCUT2D eigenvalue weighted by molar-refractivity contribution is -0.122. The van der Waals surface area contributed by atoms with Crippen molar-refractivity contribution in [3.05, 3.63) is 0 Å². The van der Waals surface area contributed by atoms with Gasteiger partial charge in [0.25, 0.3) is 5.91 Å². The van der Waals surface area contributed by atoms with Gasteiger partial charge in [0.15, 0.2) is 0 Å². The number of nitrogens with zero attached hydrogens (tertiary/aromatic N) is 1. The fraction of sp³-hybridized carbons (Fsp3) is 0.750. The normalized spacial score (nSPS) is 36.7. The molecule has 0 spiro atoms. The summed E-state index contributed by atoms with van der Waals surface area (Å²) in [6, 6.07) is 0. The zero-order chi connectivity index (χ0) is 7.84. The summed E-state index contributed by atoms with van der Waals surface area (Å²) in [7, 11) is 0. The molecule has 0 aromatic heterocycles. The van der Waals surface area contributed by atoms with E-state index in [1.54, 1.807) is 0 Å². The molecule has 2 aliphatic rings. The van der Waals surface area contributed by atoms with Gasteiger partial charge in [-0.2, -0.15) is 0 Å². The molecule has 11 heavy (non-hydrogen) atoms.